The van der Waals surface area contributed by atoms with Crippen molar-refractivity contribution < 1.29 is 9.64 Å². The van der Waals surface area contributed by atoms with Gasteiger partial charge in [0.25, 0.3) is 0 Å². The van der Waals surface area contributed by atoms with Crippen molar-refractivity contribution in [1.82, 2.24) is 5.32 Å². The summed E-state index contributed by atoms with van der Waals surface area (Å²) in [4.78, 5) is 1.54. The molecule has 27 heavy (non-hydrogen) atoms. The van der Waals surface area contributed by atoms with E-state index >= 15 is 0 Å². The third-order valence-electron chi connectivity index (χ3n) is 5.23. The van der Waals surface area contributed by atoms with Crippen LogP contribution in [0.5, 0.6) is 0 Å². The molecular weight excluding hydrogens is 354 g/mol. The summed E-state index contributed by atoms with van der Waals surface area (Å²) in [6.45, 7) is 10.1. The molecule has 2 atom stereocenters. The molecule has 144 valence electrons. The molecular formula is C22H30N3OS+. The van der Waals surface area contributed by atoms with Gasteiger partial charge in [-0.05, 0) is 50.2 Å². The van der Waals surface area contributed by atoms with Gasteiger partial charge in [0.2, 0.25) is 0 Å². The fraction of sp³-hybridized carbons (Fsp3) is 0.409. The van der Waals surface area contributed by atoms with E-state index in [0.29, 0.717) is 11.2 Å². The van der Waals surface area contributed by atoms with E-state index in [9.17, 15) is 0 Å². The molecule has 1 heterocycles. The predicted molar refractivity (Wildman–Crippen MR) is 115 cm³/mol. The fourth-order valence-electron chi connectivity index (χ4n) is 3.80. The SMILES string of the molecule is Cc1ccc(C)c(NC(=S)N[C@H](C)[C@H](c2ccccc2)[NH+]2CCOCC2)c1. The van der Waals surface area contributed by atoms with Crippen LogP contribution in [0, 0.1) is 13.8 Å². The molecule has 0 amide bonds. The smallest absolute Gasteiger partial charge is 0.171 e. The van der Waals surface area contributed by atoms with Crippen molar-refractivity contribution in [2.75, 3.05) is 31.6 Å². The third-order valence-corrected chi connectivity index (χ3v) is 5.45. The molecule has 1 fully saturated rings. The lowest BCUT2D eigenvalue weighted by Crippen LogP contribution is -3.15. The first-order valence-corrected chi connectivity index (χ1v) is 10.1. The molecule has 1 aliphatic rings. The van der Waals surface area contributed by atoms with Gasteiger partial charge in [-0.1, -0.05) is 42.5 Å². The number of aryl methyl sites for hydroxylation is 2. The van der Waals surface area contributed by atoms with Crippen LogP contribution in [0.25, 0.3) is 0 Å². The van der Waals surface area contributed by atoms with Crippen molar-refractivity contribution in [3.63, 3.8) is 0 Å². The molecule has 5 heteroatoms. The molecule has 1 saturated heterocycles. The lowest BCUT2D eigenvalue weighted by molar-refractivity contribution is -0.940. The fourth-order valence-corrected chi connectivity index (χ4v) is 4.10. The van der Waals surface area contributed by atoms with Crippen molar-refractivity contribution in [1.29, 1.82) is 0 Å². The van der Waals surface area contributed by atoms with Gasteiger partial charge in [-0.25, -0.2) is 0 Å². The van der Waals surface area contributed by atoms with Crippen molar-refractivity contribution in [2.45, 2.75) is 32.9 Å². The quantitative estimate of drug-likeness (QED) is 0.693. The standard InChI is InChI=1S/C22H29N3OS/c1-16-9-10-17(2)20(15-16)24-22(27)23-18(3)21(19-7-5-4-6-8-19)25-11-13-26-14-12-25/h4-10,15,18,21H,11-14H2,1-3H3,(H2,23,24,27)/p+1/t18-,21-/m1/s1. The zero-order valence-electron chi connectivity index (χ0n) is 16.4. The largest absolute Gasteiger partial charge is 0.370 e. The molecule has 3 rings (SSSR count). The Morgan fingerprint density at radius 2 is 1.78 bits per heavy atom. The van der Waals surface area contributed by atoms with Gasteiger partial charge in [-0.2, -0.15) is 0 Å². The first-order chi connectivity index (χ1) is 13.0. The summed E-state index contributed by atoms with van der Waals surface area (Å²) >= 11 is 5.63. The van der Waals surface area contributed by atoms with Gasteiger partial charge in [0.05, 0.1) is 19.3 Å². The minimum absolute atomic E-state index is 0.200. The van der Waals surface area contributed by atoms with Gasteiger partial charge in [-0.15, -0.1) is 0 Å². The second kappa shape index (κ2) is 9.31. The number of quaternary nitrogens is 1. The number of morpholine rings is 1. The Hall–Kier alpha value is -1.95. The van der Waals surface area contributed by atoms with Crippen LogP contribution in [-0.4, -0.2) is 37.5 Å². The topological polar surface area (TPSA) is 37.7 Å². The summed E-state index contributed by atoms with van der Waals surface area (Å²) in [5.74, 6) is 0. The first kappa shape index (κ1) is 19.8. The van der Waals surface area contributed by atoms with E-state index in [2.05, 4.69) is 79.9 Å². The molecule has 0 unspecified atom stereocenters. The van der Waals surface area contributed by atoms with Gasteiger partial charge in [0.1, 0.15) is 19.1 Å². The maximum Gasteiger partial charge on any atom is 0.171 e. The minimum atomic E-state index is 0.200. The van der Waals surface area contributed by atoms with E-state index < -0.39 is 0 Å². The van der Waals surface area contributed by atoms with Crippen LogP contribution in [0.2, 0.25) is 0 Å². The predicted octanol–water partition coefficient (Wildman–Crippen LogP) is 2.63. The average molecular weight is 385 g/mol. The first-order valence-electron chi connectivity index (χ1n) is 9.66. The zero-order valence-corrected chi connectivity index (χ0v) is 17.2. The molecule has 0 radical (unpaired) electrons. The number of nitrogens with one attached hydrogen (secondary N) is 3. The van der Waals surface area contributed by atoms with E-state index in [1.54, 1.807) is 4.90 Å². The molecule has 4 nitrogen and oxygen atoms in total. The highest BCUT2D eigenvalue weighted by Crippen LogP contribution is 2.17. The highest BCUT2D eigenvalue weighted by molar-refractivity contribution is 7.80. The number of ether oxygens (including phenoxy) is 1. The second-order valence-corrected chi connectivity index (χ2v) is 7.77. The lowest BCUT2D eigenvalue weighted by Gasteiger charge is -2.36. The van der Waals surface area contributed by atoms with E-state index in [1.165, 1.54) is 16.7 Å². The summed E-state index contributed by atoms with van der Waals surface area (Å²) in [6.07, 6.45) is 0. The Balaban J connectivity index is 1.72. The highest BCUT2D eigenvalue weighted by atomic mass is 32.1. The number of thiocarbonyl (C=S) groups is 1. The van der Waals surface area contributed by atoms with E-state index in [0.717, 1.165) is 32.0 Å². The maximum atomic E-state index is 5.63. The summed E-state index contributed by atoms with van der Waals surface area (Å²) in [6, 6.07) is 17.6. The van der Waals surface area contributed by atoms with Crippen LogP contribution < -0.4 is 15.5 Å². The van der Waals surface area contributed by atoms with Crippen LogP contribution in [0.3, 0.4) is 0 Å². The minimum Gasteiger partial charge on any atom is -0.370 e. The highest BCUT2D eigenvalue weighted by Gasteiger charge is 2.31. The monoisotopic (exact) mass is 384 g/mol. The Morgan fingerprint density at radius 1 is 1.07 bits per heavy atom. The van der Waals surface area contributed by atoms with E-state index in [4.69, 9.17) is 17.0 Å². The molecule has 2 aromatic rings. The zero-order chi connectivity index (χ0) is 19.2. The van der Waals surface area contributed by atoms with Crippen molar-refractivity contribution >= 4 is 23.0 Å². The summed E-state index contributed by atoms with van der Waals surface area (Å²) in [5.41, 5.74) is 4.81. The molecule has 1 aliphatic heterocycles. The summed E-state index contributed by atoms with van der Waals surface area (Å²) < 4.78 is 5.57. The molecule has 0 bridgehead atoms. The lowest BCUT2D eigenvalue weighted by atomic mass is 9.98. The summed E-state index contributed by atoms with van der Waals surface area (Å²) in [7, 11) is 0. The third kappa shape index (κ3) is 5.28. The number of hydrogen-bond donors (Lipinski definition) is 3. The molecule has 2 aromatic carbocycles. The van der Waals surface area contributed by atoms with E-state index in [1.807, 2.05) is 0 Å². The number of hydrogen-bond acceptors (Lipinski definition) is 2. The van der Waals surface area contributed by atoms with Crippen LogP contribution in [0.4, 0.5) is 5.69 Å². The molecule has 3 N–H and O–H groups in total. The van der Waals surface area contributed by atoms with Crippen LogP contribution >= 0.6 is 12.2 Å². The number of anilines is 1. The Labute approximate surface area is 167 Å². The molecule has 0 aliphatic carbocycles. The van der Waals surface area contributed by atoms with Crippen molar-refractivity contribution in [3.05, 3.63) is 65.2 Å². The Bertz CT molecular complexity index is 759. The number of benzene rings is 2. The Morgan fingerprint density at radius 3 is 2.48 bits per heavy atom. The van der Waals surface area contributed by atoms with Crippen molar-refractivity contribution in [2.24, 2.45) is 0 Å². The van der Waals surface area contributed by atoms with Gasteiger partial charge in [-0.3, -0.25) is 0 Å². The van der Waals surface area contributed by atoms with Gasteiger partial charge < -0.3 is 20.3 Å². The Kier molecular flexibility index (Phi) is 6.83. The van der Waals surface area contributed by atoms with E-state index in [-0.39, 0.29) is 6.04 Å². The van der Waals surface area contributed by atoms with Crippen molar-refractivity contribution in [3.8, 4) is 0 Å². The van der Waals surface area contributed by atoms with Gasteiger partial charge >= 0.3 is 0 Å². The average Bonchev–Trinajstić information content (AvgIpc) is 2.66. The van der Waals surface area contributed by atoms with Gasteiger partial charge in [0, 0.05) is 11.3 Å². The molecule has 0 spiro atoms. The maximum absolute atomic E-state index is 5.63. The number of rotatable bonds is 5. The molecule has 0 aromatic heterocycles. The molecule has 0 saturated carbocycles. The second-order valence-electron chi connectivity index (χ2n) is 7.36. The normalized spacial score (nSPS) is 17.1. The summed E-state index contributed by atoms with van der Waals surface area (Å²) in [5, 5.41) is 7.58. The van der Waals surface area contributed by atoms with Crippen LogP contribution in [-0.2, 0) is 4.74 Å². The van der Waals surface area contributed by atoms with Crippen LogP contribution in [0.15, 0.2) is 48.5 Å². The van der Waals surface area contributed by atoms with Crippen LogP contribution in [0.1, 0.15) is 29.7 Å². The van der Waals surface area contributed by atoms with Gasteiger partial charge in [0.15, 0.2) is 5.11 Å².